The van der Waals surface area contributed by atoms with E-state index in [1.165, 1.54) is 18.5 Å². The van der Waals surface area contributed by atoms with Crippen LogP contribution in [0.3, 0.4) is 0 Å². The Morgan fingerprint density at radius 1 is 1.21 bits per heavy atom. The molecule has 1 aromatic heterocycles. The third kappa shape index (κ3) is 4.43. The number of halogens is 1. The molecule has 0 spiro atoms. The zero-order chi connectivity index (χ0) is 19.3. The van der Waals surface area contributed by atoms with Gasteiger partial charge in [0.2, 0.25) is 12.3 Å². The van der Waals surface area contributed by atoms with Crippen LogP contribution in [0.1, 0.15) is 18.7 Å². The number of aromatic nitrogens is 2. The average molecular weight is 380 g/mol. The Morgan fingerprint density at radius 3 is 2.82 bits per heavy atom. The van der Waals surface area contributed by atoms with E-state index >= 15 is 0 Å². The van der Waals surface area contributed by atoms with E-state index in [1.54, 1.807) is 6.07 Å². The van der Waals surface area contributed by atoms with E-state index in [9.17, 15) is 9.18 Å². The smallest absolute Gasteiger partial charge is 0.228 e. The van der Waals surface area contributed by atoms with Crippen molar-refractivity contribution >= 4 is 11.6 Å². The fourth-order valence-corrected chi connectivity index (χ4v) is 3.53. The van der Waals surface area contributed by atoms with Crippen LogP contribution < -0.4 is 5.32 Å². The molecule has 0 bridgehead atoms. The number of likely N-dealkylation sites (tertiary alicyclic amines) is 1. The van der Waals surface area contributed by atoms with Gasteiger partial charge in [-0.25, -0.2) is 4.39 Å². The molecule has 0 aliphatic carbocycles. The Balaban J connectivity index is 1.36. The number of hydrogen-bond acceptors (Lipinski definition) is 5. The third-order valence-corrected chi connectivity index (χ3v) is 4.96. The lowest BCUT2D eigenvalue weighted by Gasteiger charge is -2.31. The molecule has 0 saturated carbocycles. The standard InChI is InChI=1S/C21H21FN4O2/c22-18-5-1-3-16(11-18)15-6-8-19(9-7-15)24-21(27)17-4-2-10-26(12-17)13-20-23-14-28-25-20/h1,3,5-9,11,14,17H,2,4,10,12-13H2,(H,24,27). The summed E-state index contributed by atoms with van der Waals surface area (Å²) in [6.07, 6.45) is 3.13. The van der Waals surface area contributed by atoms with Gasteiger partial charge in [0.25, 0.3) is 0 Å². The molecular weight excluding hydrogens is 359 g/mol. The van der Waals surface area contributed by atoms with Crippen molar-refractivity contribution in [1.82, 2.24) is 15.0 Å². The number of amides is 1. The van der Waals surface area contributed by atoms with Crippen LogP contribution in [0.2, 0.25) is 0 Å². The second-order valence-corrected chi connectivity index (χ2v) is 7.00. The van der Waals surface area contributed by atoms with Gasteiger partial charge in [-0.1, -0.05) is 29.4 Å². The summed E-state index contributed by atoms with van der Waals surface area (Å²) in [4.78, 5) is 18.9. The maximum atomic E-state index is 13.4. The molecule has 2 heterocycles. The SMILES string of the molecule is O=C(Nc1ccc(-c2cccc(F)c2)cc1)C1CCCN(Cc2ncon2)C1. The highest BCUT2D eigenvalue weighted by Gasteiger charge is 2.26. The van der Waals surface area contributed by atoms with Crippen LogP contribution in [0.15, 0.2) is 59.4 Å². The predicted molar refractivity (Wildman–Crippen MR) is 103 cm³/mol. The van der Waals surface area contributed by atoms with Gasteiger partial charge in [0.05, 0.1) is 12.5 Å². The predicted octanol–water partition coefficient (Wildman–Crippen LogP) is 3.73. The van der Waals surface area contributed by atoms with Crippen LogP contribution in [0.4, 0.5) is 10.1 Å². The summed E-state index contributed by atoms with van der Waals surface area (Å²) in [7, 11) is 0. The molecule has 1 atom stereocenters. The van der Waals surface area contributed by atoms with Crippen molar-refractivity contribution in [3.05, 3.63) is 66.6 Å². The minimum Gasteiger partial charge on any atom is -0.343 e. The maximum Gasteiger partial charge on any atom is 0.228 e. The van der Waals surface area contributed by atoms with Crippen LogP contribution in [0.5, 0.6) is 0 Å². The van der Waals surface area contributed by atoms with Crippen LogP contribution in [0, 0.1) is 11.7 Å². The molecule has 28 heavy (non-hydrogen) atoms. The van der Waals surface area contributed by atoms with Gasteiger partial charge in [0.1, 0.15) is 5.82 Å². The normalized spacial score (nSPS) is 17.4. The van der Waals surface area contributed by atoms with Gasteiger partial charge in [-0.05, 0) is 54.8 Å². The van der Waals surface area contributed by atoms with Crippen molar-refractivity contribution in [2.45, 2.75) is 19.4 Å². The summed E-state index contributed by atoms with van der Waals surface area (Å²) < 4.78 is 18.2. The summed E-state index contributed by atoms with van der Waals surface area (Å²) in [6.45, 7) is 2.17. The zero-order valence-electron chi connectivity index (χ0n) is 15.3. The lowest BCUT2D eigenvalue weighted by atomic mass is 9.97. The van der Waals surface area contributed by atoms with Crippen molar-refractivity contribution in [1.29, 1.82) is 0 Å². The molecule has 1 saturated heterocycles. The first-order valence-electron chi connectivity index (χ1n) is 9.32. The first kappa shape index (κ1) is 18.3. The highest BCUT2D eigenvalue weighted by atomic mass is 19.1. The van der Waals surface area contributed by atoms with Gasteiger partial charge < -0.3 is 9.84 Å². The van der Waals surface area contributed by atoms with Crippen molar-refractivity contribution in [2.75, 3.05) is 18.4 Å². The first-order valence-corrected chi connectivity index (χ1v) is 9.32. The molecule has 2 aromatic carbocycles. The largest absolute Gasteiger partial charge is 0.343 e. The fraction of sp³-hybridized carbons (Fsp3) is 0.286. The molecule has 4 rings (SSSR count). The van der Waals surface area contributed by atoms with E-state index in [0.29, 0.717) is 18.9 Å². The lowest BCUT2D eigenvalue weighted by molar-refractivity contribution is -0.121. The molecule has 1 N–H and O–H groups in total. The number of nitrogens with zero attached hydrogens (tertiary/aromatic N) is 3. The molecule has 0 radical (unpaired) electrons. The van der Waals surface area contributed by atoms with Crippen molar-refractivity contribution in [3.8, 4) is 11.1 Å². The number of piperidine rings is 1. The number of hydrogen-bond donors (Lipinski definition) is 1. The Kier molecular flexibility index (Phi) is 5.43. The van der Waals surface area contributed by atoms with Gasteiger partial charge in [0, 0.05) is 12.2 Å². The van der Waals surface area contributed by atoms with Gasteiger partial charge in [-0.2, -0.15) is 4.98 Å². The van der Waals surface area contributed by atoms with Crippen LogP contribution >= 0.6 is 0 Å². The van der Waals surface area contributed by atoms with E-state index < -0.39 is 0 Å². The molecule has 6 nitrogen and oxygen atoms in total. The monoisotopic (exact) mass is 380 g/mol. The number of benzene rings is 2. The van der Waals surface area contributed by atoms with Gasteiger partial charge in [0.15, 0.2) is 5.82 Å². The van der Waals surface area contributed by atoms with E-state index in [1.807, 2.05) is 30.3 Å². The average Bonchev–Trinajstić information content (AvgIpc) is 3.22. The summed E-state index contributed by atoms with van der Waals surface area (Å²) in [5.74, 6) is 0.298. The van der Waals surface area contributed by atoms with Crippen LogP contribution in [-0.2, 0) is 11.3 Å². The number of carbonyl (C=O) groups is 1. The fourth-order valence-electron chi connectivity index (χ4n) is 3.53. The molecule has 1 aliphatic heterocycles. The molecule has 1 aliphatic rings. The lowest BCUT2D eigenvalue weighted by Crippen LogP contribution is -2.40. The van der Waals surface area contributed by atoms with Gasteiger partial charge in [-0.15, -0.1) is 0 Å². The topological polar surface area (TPSA) is 71.3 Å². The molecular formula is C21H21FN4O2. The molecule has 144 valence electrons. The molecule has 1 unspecified atom stereocenters. The van der Waals surface area contributed by atoms with Crippen molar-refractivity contribution in [2.24, 2.45) is 5.92 Å². The highest BCUT2D eigenvalue weighted by molar-refractivity contribution is 5.93. The second kappa shape index (κ2) is 8.31. The Hall–Kier alpha value is -3.06. The van der Waals surface area contributed by atoms with E-state index in [2.05, 4.69) is 20.4 Å². The summed E-state index contributed by atoms with van der Waals surface area (Å²) >= 11 is 0. The Bertz CT molecular complexity index is 928. The van der Waals surface area contributed by atoms with Crippen molar-refractivity contribution < 1.29 is 13.7 Å². The Labute approximate surface area is 162 Å². The third-order valence-electron chi connectivity index (χ3n) is 4.96. The summed E-state index contributed by atoms with van der Waals surface area (Å²) in [5, 5.41) is 6.83. The van der Waals surface area contributed by atoms with E-state index in [0.717, 1.165) is 36.2 Å². The number of nitrogens with one attached hydrogen (secondary N) is 1. The van der Waals surface area contributed by atoms with Gasteiger partial charge >= 0.3 is 0 Å². The second-order valence-electron chi connectivity index (χ2n) is 7.00. The maximum absolute atomic E-state index is 13.4. The Morgan fingerprint density at radius 2 is 2.07 bits per heavy atom. The van der Waals surface area contributed by atoms with Crippen LogP contribution in [0.25, 0.3) is 11.1 Å². The van der Waals surface area contributed by atoms with E-state index in [-0.39, 0.29) is 17.6 Å². The van der Waals surface area contributed by atoms with Crippen LogP contribution in [-0.4, -0.2) is 34.0 Å². The van der Waals surface area contributed by atoms with E-state index in [4.69, 9.17) is 4.52 Å². The summed E-state index contributed by atoms with van der Waals surface area (Å²) in [6, 6.07) is 13.9. The number of carbonyl (C=O) groups excluding carboxylic acids is 1. The first-order chi connectivity index (χ1) is 13.7. The minimum absolute atomic E-state index is 0.0105. The number of anilines is 1. The molecule has 7 heteroatoms. The molecule has 1 amide bonds. The van der Waals surface area contributed by atoms with Crippen molar-refractivity contribution in [3.63, 3.8) is 0 Å². The van der Waals surface area contributed by atoms with Gasteiger partial charge in [-0.3, -0.25) is 9.69 Å². The highest BCUT2D eigenvalue weighted by Crippen LogP contribution is 2.24. The number of rotatable bonds is 5. The minimum atomic E-state index is -0.266. The molecule has 3 aromatic rings. The zero-order valence-corrected chi connectivity index (χ0v) is 15.3. The molecule has 1 fully saturated rings. The summed E-state index contributed by atoms with van der Waals surface area (Å²) in [5.41, 5.74) is 2.45. The quantitative estimate of drug-likeness (QED) is 0.730.